The second kappa shape index (κ2) is 43.8. The summed E-state index contributed by atoms with van der Waals surface area (Å²) < 4.78 is 32.8. The highest BCUT2D eigenvalue weighted by atomic mass is 31.2. The van der Waals surface area contributed by atoms with Crippen molar-refractivity contribution in [3.05, 3.63) is 36.5 Å². The maximum Gasteiger partial charge on any atom is 0.472 e. The summed E-state index contributed by atoms with van der Waals surface area (Å²) in [7, 11) is -4.38. The minimum atomic E-state index is -4.38. The molecule has 0 aromatic carbocycles. The van der Waals surface area contributed by atoms with Gasteiger partial charge in [0.2, 0.25) is 0 Å². The van der Waals surface area contributed by atoms with Gasteiger partial charge in [0.15, 0.2) is 6.10 Å². The molecule has 10 heteroatoms. The predicted molar refractivity (Wildman–Crippen MR) is 238 cm³/mol. The number of carbonyl (C=O) groups is 2. The number of nitrogens with two attached hydrogens (primary N) is 1. The molecule has 9 nitrogen and oxygen atoms in total. The standard InChI is InChI=1S/C47H88NO8P/c1-3-5-7-9-11-13-15-17-19-21-22-24-26-28-30-32-34-36-38-40-47(50)56-45(44-55-57(51,52)54-42-41-48)43-53-46(49)39-37-35-33-31-29-27-25-23-20-18-16-14-12-10-8-6-4-2/h11,13,17-20,45H,3-10,12,14-16,21-44,48H2,1-2H3,(H,51,52)/b13-11-,19-17-,20-18-. The van der Waals surface area contributed by atoms with Crippen molar-refractivity contribution in [2.45, 2.75) is 225 Å². The lowest BCUT2D eigenvalue weighted by atomic mass is 10.1. The minimum absolute atomic E-state index is 0.0521. The molecule has 0 aromatic heterocycles. The van der Waals surface area contributed by atoms with Crippen LogP contribution in [0.4, 0.5) is 0 Å². The van der Waals surface area contributed by atoms with E-state index in [-0.39, 0.29) is 38.6 Å². The molecule has 0 aromatic rings. The third kappa shape index (κ3) is 43.6. The summed E-state index contributed by atoms with van der Waals surface area (Å²) in [5, 5.41) is 0. The van der Waals surface area contributed by atoms with Crippen LogP contribution in [0.2, 0.25) is 0 Å². The molecule has 0 amide bonds. The number of carbonyl (C=O) groups excluding carboxylic acids is 2. The van der Waals surface area contributed by atoms with Crippen molar-refractivity contribution in [2.75, 3.05) is 26.4 Å². The molecular formula is C47H88NO8P. The lowest BCUT2D eigenvalue weighted by Crippen LogP contribution is -2.29. The normalized spacial score (nSPS) is 13.5. The van der Waals surface area contributed by atoms with Gasteiger partial charge in [0.25, 0.3) is 0 Å². The highest BCUT2D eigenvalue weighted by molar-refractivity contribution is 7.47. The van der Waals surface area contributed by atoms with Gasteiger partial charge < -0.3 is 20.1 Å². The fourth-order valence-electron chi connectivity index (χ4n) is 6.48. The van der Waals surface area contributed by atoms with Crippen LogP contribution in [0.3, 0.4) is 0 Å². The van der Waals surface area contributed by atoms with Crippen LogP contribution in [0.5, 0.6) is 0 Å². The topological polar surface area (TPSA) is 134 Å². The van der Waals surface area contributed by atoms with Gasteiger partial charge in [-0.15, -0.1) is 0 Å². The molecule has 334 valence electrons. The van der Waals surface area contributed by atoms with E-state index in [1.54, 1.807) is 0 Å². The smallest absolute Gasteiger partial charge is 0.462 e. The van der Waals surface area contributed by atoms with Crippen molar-refractivity contribution in [3.8, 4) is 0 Å². The third-order valence-electron chi connectivity index (χ3n) is 10.00. The van der Waals surface area contributed by atoms with Gasteiger partial charge in [-0.1, -0.05) is 172 Å². The first-order valence-corrected chi connectivity index (χ1v) is 25.0. The Balaban J connectivity index is 4.11. The second-order valence-electron chi connectivity index (χ2n) is 15.6. The molecule has 0 aliphatic rings. The van der Waals surface area contributed by atoms with Crippen LogP contribution in [0.25, 0.3) is 0 Å². The molecule has 2 unspecified atom stereocenters. The van der Waals surface area contributed by atoms with E-state index in [1.807, 2.05) is 0 Å². The number of esters is 2. The molecule has 2 atom stereocenters. The van der Waals surface area contributed by atoms with E-state index in [9.17, 15) is 19.0 Å². The fraction of sp³-hybridized carbons (Fsp3) is 0.830. The number of ether oxygens (including phenoxy) is 2. The molecule has 0 aliphatic heterocycles. The Hall–Kier alpha value is -1.77. The molecule has 0 saturated carbocycles. The number of unbranched alkanes of at least 4 members (excludes halogenated alkanes) is 25. The summed E-state index contributed by atoms with van der Waals surface area (Å²) in [6.07, 6.45) is 48.8. The monoisotopic (exact) mass is 826 g/mol. The Morgan fingerprint density at radius 3 is 1.39 bits per heavy atom. The molecule has 0 radical (unpaired) electrons. The Morgan fingerprint density at radius 2 is 0.912 bits per heavy atom. The maximum atomic E-state index is 12.6. The number of phosphoric ester groups is 1. The highest BCUT2D eigenvalue weighted by Crippen LogP contribution is 2.43. The van der Waals surface area contributed by atoms with Crippen LogP contribution in [0, 0.1) is 0 Å². The van der Waals surface area contributed by atoms with E-state index < -0.39 is 26.5 Å². The van der Waals surface area contributed by atoms with E-state index in [2.05, 4.69) is 50.3 Å². The van der Waals surface area contributed by atoms with Crippen molar-refractivity contribution in [1.82, 2.24) is 0 Å². The predicted octanol–water partition coefficient (Wildman–Crippen LogP) is 13.7. The first-order chi connectivity index (χ1) is 27.8. The summed E-state index contributed by atoms with van der Waals surface area (Å²) in [6, 6.07) is 0. The SMILES string of the molecule is CCCCC/C=C\C/C=C\CCCCCCCCCCCC(=O)OC(COC(=O)CCCCCCCCC/C=C\CCCCCCCC)COP(=O)(O)OCCN. The summed E-state index contributed by atoms with van der Waals surface area (Å²) in [4.78, 5) is 35.0. The Kier molecular flexibility index (Phi) is 42.4. The first-order valence-electron chi connectivity index (χ1n) is 23.5. The zero-order chi connectivity index (χ0) is 41.8. The molecule has 0 spiro atoms. The fourth-order valence-corrected chi connectivity index (χ4v) is 7.25. The van der Waals surface area contributed by atoms with E-state index in [4.69, 9.17) is 24.3 Å². The first kappa shape index (κ1) is 55.2. The van der Waals surface area contributed by atoms with Crippen LogP contribution in [-0.2, 0) is 32.7 Å². The van der Waals surface area contributed by atoms with Gasteiger partial charge in [-0.05, 0) is 70.6 Å². The van der Waals surface area contributed by atoms with Crippen LogP contribution < -0.4 is 5.73 Å². The zero-order valence-electron chi connectivity index (χ0n) is 36.8. The molecule has 0 bridgehead atoms. The van der Waals surface area contributed by atoms with E-state index >= 15 is 0 Å². The van der Waals surface area contributed by atoms with Gasteiger partial charge >= 0.3 is 19.8 Å². The molecule has 0 rings (SSSR count). The molecule has 0 saturated heterocycles. The highest BCUT2D eigenvalue weighted by Gasteiger charge is 2.26. The van der Waals surface area contributed by atoms with Crippen molar-refractivity contribution in [1.29, 1.82) is 0 Å². The number of hydrogen-bond acceptors (Lipinski definition) is 8. The van der Waals surface area contributed by atoms with Crippen LogP contribution >= 0.6 is 7.82 Å². The van der Waals surface area contributed by atoms with Gasteiger partial charge in [0.05, 0.1) is 13.2 Å². The zero-order valence-corrected chi connectivity index (χ0v) is 37.7. The Bertz CT molecular complexity index is 1030. The molecule has 0 fully saturated rings. The van der Waals surface area contributed by atoms with E-state index in [0.29, 0.717) is 6.42 Å². The Morgan fingerprint density at radius 1 is 0.526 bits per heavy atom. The molecule has 0 aliphatic carbocycles. The third-order valence-corrected chi connectivity index (χ3v) is 11.0. The molecule has 0 heterocycles. The number of phosphoric acid groups is 1. The number of rotatable bonds is 44. The largest absolute Gasteiger partial charge is 0.472 e. The van der Waals surface area contributed by atoms with E-state index in [1.165, 1.54) is 122 Å². The summed E-state index contributed by atoms with van der Waals surface area (Å²) in [5.74, 6) is -0.833. The second-order valence-corrected chi connectivity index (χ2v) is 17.1. The van der Waals surface area contributed by atoms with Crippen molar-refractivity contribution in [2.24, 2.45) is 5.73 Å². The van der Waals surface area contributed by atoms with Crippen molar-refractivity contribution in [3.63, 3.8) is 0 Å². The average molecular weight is 826 g/mol. The van der Waals surface area contributed by atoms with Gasteiger partial charge in [0.1, 0.15) is 6.61 Å². The van der Waals surface area contributed by atoms with E-state index in [0.717, 1.165) is 64.2 Å². The maximum absolute atomic E-state index is 12.6. The van der Waals surface area contributed by atoms with Gasteiger partial charge in [0, 0.05) is 19.4 Å². The van der Waals surface area contributed by atoms with Gasteiger partial charge in [-0.25, -0.2) is 4.57 Å². The average Bonchev–Trinajstić information content (AvgIpc) is 3.20. The lowest BCUT2D eigenvalue weighted by molar-refractivity contribution is -0.161. The summed E-state index contributed by atoms with van der Waals surface area (Å²) >= 11 is 0. The lowest BCUT2D eigenvalue weighted by Gasteiger charge is -2.19. The molecule has 57 heavy (non-hydrogen) atoms. The Labute approximate surface area is 350 Å². The minimum Gasteiger partial charge on any atom is -0.462 e. The van der Waals surface area contributed by atoms with Crippen LogP contribution in [0.15, 0.2) is 36.5 Å². The molecular weight excluding hydrogens is 737 g/mol. The van der Waals surface area contributed by atoms with Gasteiger partial charge in [-0.3, -0.25) is 18.6 Å². The number of hydrogen-bond donors (Lipinski definition) is 2. The molecule has 3 N–H and O–H groups in total. The van der Waals surface area contributed by atoms with Gasteiger partial charge in [-0.2, -0.15) is 0 Å². The quantitative estimate of drug-likeness (QED) is 0.0266. The summed E-state index contributed by atoms with van der Waals surface area (Å²) in [5.41, 5.74) is 5.36. The van der Waals surface area contributed by atoms with Crippen LogP contribution in [0.1, 0.15) is 219 Å². The number of allylic oxidation sites excluding steroid dienone is 6. The summed E-state index contributed by atoms with van der Waals surface area (Å²) in [6.45, 7) is 3.71. The van der Waals surface area contributed by atoms with Crippen LogP contribution in [-0.4, -0.2) is 49.3 Å². The van der Waals surface area contributed by atoms with Crippen molar-refractivity contribution < 1.29 is 37.6 Å². The van der Waals surface area contributed by atoms with Crippen molar-refractivity contribution >= 4 is 19.8 Å².